The highest BCUT2D eigenvalue weighted by Gasteiger charge is 2.23. The van der Waals surface area contributed by atoms with Gasteiger partial charge in [0.2, 0.25) is 0 Å². The molecule has 0 saturated heterocycles. The summed E-state index contributed by atoms with van der Waals surface area (Å²) < 4.78 is 5.95. The van der Waals surface area contributed by atoms with Crippen molar-refractivity contribution in [3.05, 3.63) is 25.4 Å². The number of nitrogens with zero attached hydrogens (tertiary/aromatic N) is 1. The van der Waals surface area contributed by atoms with Crippen molar-refractivity contribution in [2.75, 3.05) is 7.11 Å². The first-order valence-corrected chi connectivity index (χ1v) is 7.03. The van der Waals surface area contributed by atoms with Crippen LogP contribution in [0.2, 0.25) is 0 Å². The second-order valence-electron chi connectivity index (χ2n) is 4.51. The zero-order valence-corrected chi connectivity index (χ0v) is 12.3. The molecule has 17 heavy (non-hydrogen) atoms. The maximum absolute atomic E-state index is 11.9. The monoisotopic (exact) mass is 348 g/mol. The van der Waals surface area contributed by atoms with E-state index in [0.717, 1.165) is 22.1 Å². The lowest BCUT2D eigenvalue weighted by molar-refractivity contribution is 0.111. The van der Waals surface area contributed by atoms with E-state index in [1.165, 1.54) is 12.8 Å². The van der Waals surface area contributed by atoms with E-state index in [1.807, 2.05) is 6.92 Å². The molecule has 94 valence electrons. The molecule has 1 unspecified atom stereocenters. The van der Waals surface area contributed by atoms with E-state index in [4.69, 9.17) is 4.74 Å². The fourth-order valence-corrected chi connectivity index (χ4v) is 2.96. The Morgan fingerprint density at radius 1 is 1.47 bits per heavy atom. The van der Waals surface area contributed by atoms with E-state index in [-0.39, 0.29) is 11.7 Å². The number of hydrogen-bond donors (Lipinski definition) is 1. The highest BCUT2D eigenvalue weighted by atomic mass is 127. The van der Waals surface area contributed by atoms with Crippen molar-refractivity contribution in [1.29, 1.82) is 0 Å². The molecule has 0 bridgehead atoms. The number of hydrogen-bond acceptors (Lipinski definition) is 3. The molecule has 0 aliphatic heterocycles. The number of H-pyrrole nitrogens is 1. The van der Waals surface area contributed by atoms with Gasteiger partial charge < -0.3 is 9.72 Å². The van der Waals surface area contributed by atoms with E-state index in [2.05, 4.69) is 32.6 Å². The Bertz CT molecular complexity index is 452. The van der Waals surface area contributed by atoms with Crippen LogP contribution in [0.3, 0.4) is 0 Å². The first kappa shape index (κ1) is 13.0. The molecule has 1 fully saturated rings. The van der Waals surface area contributed by atoms with E-state index >= 15 is 0 Å². The van der Waals surface area contributed by atoms with Gasteiger partial charge in [-0.05, 0) is 42.4 Å². The van der Waals surface area contributed by atoms with Crippen LogP contribution < -0.4 is 5.56 Å². The summed E-state index contributed by atoms with van der Waals surface area (Å²) in [5.41, 5.74) is 0.923. The molecule has 1 aliphatic carbocycles. The number of rotatable bonds is 3. The van der Waals surface area contributed by atoms with Crippen LogP contribution in [0, 0.1) is 3.57 Å². The molecular weight excluding hydrogens is 331 g/mol. The minimum absolute atomic E-state index is 0.0404. The van der Waals surface area contributed by atoms with E-state index < -0.39 is 0 Å². The van der Waals surface area contributed by atoms with Crippen molar-refractivity contribution in [2.45, 2.75) is 44.6 Å². The molecule has 1 aromatic rings. The van der Waals surface area contributed by atoms with Crippen LogP contribution in [0.15, 0.2) is 4.79 Å². The minimum Gasteiger partial charge on any atom is -0.374 e. The van der Waals surface area contributed by atoms with Crippen molar-refractivity contribution in [1.82, 2.24) is 9.97 Å². The number of halogens is 1. The van der Waals surface area contributed by atoms with Crippen LogP contribution in [0.25, 0.3) is 0 Å². The molecule has 2 rings (SSSR count). The highest BCUT2D eigenvalue weighted by Crippen LogP contribution is 2.34. The Hall–Kier alpha value is -0.430. The molecule has 0 aromatic carbocycles. The van der Waals surface area contributed by atoms with Gasteiger partial charge in [0.1, 0.15) is 11.9 Å². The average Bonchev–Trinajstić information content (AvgIpc) is 2.85. The summed E-state index contributed by atoms with van der Waals surface area (Å²) in [6.45, 7) is 1.89. The smallest absolute Gasteiger partial charge is 0.264 e. The number of aromatic nitrogens is 2. The second-order valence-corrected chi connectivity index (χ2v) is 5.59. The lowest BCUT2D eigenvalue weighted by Gasteiger charge is -2.14. The van der Waals surface area contributed by atoms with E-state index in [1.54, 1.807) is 7.11 Å². The molecule has 4 nitrogen and oxygen atoms in total. The Balaban J connectivity index is 2.42. The summed E-state index contributed by atoms with van der Waals surface area (Å²) in [4.78, 5) is 19.3. The Kier molecular flexibility index (Phi) is 4.19. The van der Waals surface area contributed by atoms with Crippen LogP contribution >= 0.6 is 22.6 Å². The Labute approximate surface area is 114 Å². The van der Waals surface area contributed by atoms with Gasteiger partial charge in [-0.25, -0.2) is 4.98 Å². The topological polar surface area (TPSA) is 55.0 Å². The normalized spacial score (nSPS) is 18.5. The summed E-state index contributed by atoms with van der Waals surface area (Å²) in [5, 5.41) is 0. The largest absolute Gasteiger partial charge is 0.374 e. The zero-order valence-electron chi connectivity index (χ0n) is 10.1. The van der Waals surface area contributed by atoms with Crippen LogP contribution in [-0.2, 0) is 4.74 Å². The summed E-state index contributed by atoms with van der Waals surface area (Å²) >= 11 is 2.10. The van der Waals surface area contributed by atoms with Gasteiger partial charge in [-0.3, -0.25) is 4.79 Å². The van der Waals surface area contributed by atoms with Crippen molar-refractivity contribution in [2.24, 2.45) is 0 Å². The summed E-state index contributed by atoms with van der Waals surface area (Å²) in [7, 11) is 1.62. The second kappa shape index (κ2) is 5.48. The number of methoxy groups -OCH3 is 1. The molecular formula is C12H17IN2O2. The van der Waals surface area contributed by atoms with Gasteiger partial charge in [-0.2, -0.15) is 0 Å². The van der Waals surface area contributed by atoms with Crippen molar-refractivity contribution >= 4 is 22.6 Å². The first-order valence-electron chi connectivity index (χ1n) is 5.96. The Morgan fingerprint density at radius 3 is 2.71 bits per heavy atom. The fourth-order valence-electron chi connectivity index (χ4n) is 2.27. The van der Waals surface area contributed by atoms with Crippen molar-refractivity contribution < 1.29 is 4.74 Å². The quantitative estimate of drug-likeness (QED) is 0.855. The van der Waals surface area contributed by atoms with E-state index in [9.17, 15) is 4.79 Å². The fraction of sp³-hybridized carbons (Fsp3) is 0.667. The minimum atomic E-state index is -0.167. The molecule has 1 N–H and O–H groups in total. The van der Waals surface area contributed by atoms with Gasteiger partial charge in [-0.1, -0.05) is 12.8 Å². The third-order valence-electron chi connectivity index (χ3n) is 3.39. The van der Waals surface area contributed by atoms with E-state index in [0.29, 0.717) is 11.7 Å². The molecule has 0 radical (unpaired) electrons. The number of aromatic amines is 1. The summed E-state index contributed by atoms with van der Waals surface area (Å²) in [6, 6.07) is 0. The predicted molar refractivity (Wildman–Crippen MR) is 74.2 cm³/mol. The van der Waals surface area contributed by atoms with Gasteiger partial charge in [0, 0.05) is 13.0 Å². The molecule has 1 atom stereocenters. The van der Waals surface area contributed by atoms with Gasteiger partial charge in [-0.15, -0.1) is 0 Å². The third-order valence-corrected chi connectivity index (χ3v) is 4.43. The molecule has 1 heterocycles. The van der Waals surface area contributed by atoms with Gasteiger partial charge in [0.15, 0.2) is 0 Å². The molecule has 1 saturated carbocycles. The SMILES string of the molecule is COC(C)c1nc(C2CCCC2)c(I)c(=O)[nH]1. The van der Waals surface area contributed by atoms with Crippen molar-refractivity contribution in [3.63, 3.8) is 0 Å². The van der Waals surface area contributed by atoms with Gasteiger partial charge >= 0.3 is 0 Å². The van der Waals surface area contributed by atoms with Crippen LogP contribution in [0.4, 0.5) is 0 Å². The van der Waals surface area contributed by atoms with Gasteiger partial charge in [0.25, 0.3) is 5.56 Å². The van der Waals surface area contributed by atoms with Gasteiger partial charge in [0.05, 0.1) is 9.26 Å². The van der Waals surface area contributed by atoms with Crippen LogP contribution in [0.5, 0.6) is 0 Å². The lowest BCUT2D eigenvalue weighted by Crippen LogP contribution is -2.21. The predicted octanol–water partition coefficient (Wildman–Crippen LogP) is 2.74. The maximum Gasteiger partial charge on any atom is 0.264 e. The molecule has 5 heteroatoms. The molecule has 1 aliphatic rings. The highest BCUT2D eigenvalue weighted by molar-refractivity contribution is 14.1. The Morgan fingerprint density at radius 2 is 2.12 bits per heavy atom. The first-order chi connectivity index (χ1) is 8.13. The third kappa shape index (κ3) is 2.70. The number of ether oxygens (including phenoxy) is 1. The van der Waals surface area contributed by atoms with Crippen molar-refractivity contribution in [3.8, 4) is 0 Å². The number of nitrogens with one attached hydrogen (secondary N) is 1. The zero-order chi connectivity index (χ0) is 12.4. The molecule has 0 spiro atoms. The maximum atomic E-state index is 11.9. The molecule has 1 aromatic heterocycles. The average molecular weight is 348 g/mol. The standard InChI is InChI=1S/C12H17IN2O2/c1-7(17-2)11-14-10(8-5-3-4-6-8)9(13)12(16)15-11/h7-8H,3-6H2,1-2H3,(H,14,15,16). The summed E-state index contributed by atoms with van der Waals surface area (Å²) in [5.74, 6) is 1.09. The lowest BCUT2D eigenvalue weighted by atomic mass is 10.0. The van der Waals surface area contributed by atoms with Crippen LogP contribution in [-0.4, -0.2) is 17.1 Å². The molecule has 0 amide bonds. The van der Waals surface area contributed by atoms with Crippen LogP contribution in [0.1, 0.15) is 56.1 Å². The summed E-state index contributed by atoms with van der Waals surface area (Å²) in [6.07, 6.45) is 4.61.